The molecule has 0 N–H and O–H groups in total. The predicted octanol–water partition coefficient (Wildman–Crippen LogP) is 2.64. The van der Waals surface area contributed by atoms with Crippen molar-refractivity contribution in [3.05, 3.63) is 22.5 Å². The van der Waals surface area contributed by atoms with Gasteiger partial charge < -0.3 is 0 Å². The SMILES string of the molecule is Cc1cc(C)c(S)c(Cl)n1. The van der Waals surface area contributed by atoms with Crippen molar-refractivity contribution in [2.75, 3.05) is 0 Å². The molecule has 3 heteroatoms. The summed E-state index contributed by atoms with van der Waals surface area (Å²) in [6, 6.07) is 1.95. The second kappa shape index (κ2) is 2.81. The van der Waals surface area contributed by atoms with E-state index < -0.39 is 0 Å². The highest BCUT2D eigenvalue weighted by Gasteiger charge is 2.00. The molecular weight excluding hydrogens is 166 g/mol. The Balaban J connectivity index is 3.31. The molecule has 1 nitrogen and oxygen atoms in total. The van der Waals surface area contributed by atoms with Crippen LogP contribution in [0.2, 0.25) is 5.15 Å². The van der Waals surface area contributed by atoms with Gasteiger partial charge in [0.25, 0.3) is 0 Å². The van der Waals surface area contributed by atoms with Crippen LogP contribution in [0.15, 0.2) is 11.0 Å². The Kier molecular flexibility index (Phi) is 2.21. The first kappa shape index (κ1) is 7.89. The van der Waals surface area contributed by atoms with Crippen LogP contribution in [0.3, 0.4) is 0 Å². The van der Waals surface area contributed by atoms with Gasteiger partial charge in [-0.1, -0.05) is 11.6 Å². The van der Waals surface area contributed by atoms with Gasteiger partial charge in [-0.2, -0.15) is 0 Å². The quantitative estimate of drug-likeness (QED) is 0.470. The summed E-state index contributed by atoms with van der Waals surface area (Å²) in [6.07, 6.45) is 0. The minimum atomic E-state index is 0.487. The Labute approximate surface area is 70.8 Å². The molecule has 0 saturated heterocycles. The highest BCUT2D eigenvalue weighted by Crippen LogP contribution is 2.21. The van der Waals surface area contributed by atoms with E-state index in [2.05, 4.69) is 17.6 Å². The third-order valence-electron chi connectivity index (χ3n) is 1.27. The minimum absolute atomic E-state index is 0.487. The van der Waals surface area contributed by atoms with Crippen LogP contribution in [-0.4, -0.2) is 4.98 Å². The van der Waals surface area contributed by atoms with Gasteiger partial charge in [-0.25, -0.2) is 4.98 Å². The first-order valence-electron chi connectivity index (χ1n) is 2.94. The van der Waals surface area contributed by atoms with E-state index in [-0.39, 0.29) is 0 Å². The number of thiol groups is 1. The summed E-state index contributed by atoms with van der Waals surface area (Å²) in [7, 11) is 0. The second-order valence-corrected chi connectivity index (χ2v) is 3.03. The number of aryl methyl sites for hydroxylation is 2. The molecular formula is C7H8ClNS. The van der Waals surface area contributed by atoms with Crippen LogP contribution in [0.1, 0.15) is 11.3 Å². The van der Waals surface area contributed by atoms with E-state index in [1.807, 2.05) is 19.9 Å². The van der Waals surface area contributed by atoms with Gasteiger partial charge in [-0.05, 0) is 25.5 Å². The summed E-state index contributed by atoms with van der Waals surface area (Å²) >= 11 is 9.90. The molecule has 1 heterocycles. The van der Waals surface area contributed by atoms with E-state index >= 15 is 0 Å². The lowest BCUT2D eigenvalue weighted by Gasteiger charge is -2.01. The summed E-state index contributed by atoms with van der Waals surface area (Å²) in [5.41, 5.74) is 2.00. The first-order valence-corrected chi connectivity index (χ1v) is 3.76. The highest BCUT2D eigenvalue weighted by molar-refractivity contribution is 7.80. The van der Waals surface area contributed by atoms with E-state index in [9.17, 15) is 0 Å². The zero-order chi connectivity index (χ0) is 7.72. The maximum absolute atomic E-state index is 5.73. The molecule has 0 aliphatic heterocycles. The molecule has 0 spiro atoms. The van der Waals surface area contributed by atoms with Crippen LogP contribution < -0.4 is 0 Å². The Morgan fingerprint density at radius 3 is 2.60 bits per heavy atom. The van der Waals surface area contributed by atoms with Gasteiger partial charge in [0.05, 0.1) is 0 Å². The lowest BCUT2D eigenvalue weighted by molar-refractivity contribution is 1.11. The molecule has 54 valence electrons. The van der Waals surface area contributed by atoms with Crippen molar-refractivity contribution < 1.29 is 0 Å². The standard InChI is InChI=1S/C7H8ClNS/c1-4-3-5(2)9-7(8)6(4)10/h3,10H,1-2H3. The average Bonchev–Trinajstić information content (AvgIpc) is 1.82. The second-order valence-electron chi connectivity index (χ2n) is 2.22. The smallest absolute Gasteiger partial charge is 0.142 e. The maximum atomic E-state index is 5.73. The molecule has 0 aliphatic carbocycles. The Morgan fingerprint density at radius 2 is 2.10 bits per heavy atom. The van der Waals surface area contributed by atoms with Gasteiger partial charge in [-0.15, -0.1) is 12.6 Å². The number of nitrogens with zero attached hydrogens (tertiary/aromatic N) is 1. The van der Waals surface area contributed by atoms with Crippen molar-refractivity contribution in [2.45, 2.75) is 18.7 Å². The molecule has 1 aromatic heterocycles. The van der Waals surface area contributed by atoms with Crippen LogP contribution in [0.25, 0.3) is 0 Å². The van der Waals surface area contributed by atoms with Crippen molar-refractivity contribution >= 4 is 24.2 Å². The molecule has 10 heavy (non-hydrogen) atoms. The van der Waals surface area contributed by atoms with Gasteiger partial charge in [0, 0.05) is 10.6 Å². The summed E-state index contributed by atoms with van der Waals surface area (Å²) < 4.78 is 0. The van der Waals surface area contributed by atoms with Gasteiger partial charge in [0.2, 0.25) is 0 Å². The fourth-order valence-electron chi connectivity index (χ4n) is 0.784. The molecule has 0 bridgehead atoms. The number of hydrogen-bond donors (Lipinski definition) is 1. The Bertz CT molecular complexity index is 237. The fraction of sp³-hybridized carbons (Fsp3) is 0.286. The fourth-order valence-corrected chi connectivity index (χ4v) is 1.18. The van der Waals surface area contributed by atoms with Gasteiger partial charge >= 0.3 is 0 Å². The van der Waals surface area contributed by atoms with E-state index in [1.54, 1.807) is 0 Å². The third-order valence-corrected chi connectivity index (χ3v) is 2.24. The van der Waals surface area contributed by atoms with Crippen molar-refractivity contribution in [3.8, 4) is 0 Å². The summed E-state index contributed by atoms with van der Waals surface area (Å²) in [6.45, 7) is 3.87. The molecule has 0 saturated carbocycles. The highest BCUT2D eigenvalue weighted by atomic mass is 35.5. The largest absolute Gasteiger partial charge is 0.240 e. The molecule has 0 radical (unpaired) electrons. The number of halogens is 1. The Morgan fingerprint density at radius 1 is 1.50 bits per heavy atom. The van der Waals surface area contributed by atoms with Gasteiger partial charge in [0.1, 0.15) is 5.15 Å². The molecule has 1 rings (SSSR count). The van der Waals surface area contributed by atoms with E-state index in [0.29, 0.717) is 5.15 Å². The number of rotatable bonds is 0. The first-order chi connectivity index (χ1) is 4.61. The van der Waals surface area contributed by atoms with Crippen molar-refractivity contribution in [2.24, 2.45) is 0 Å². The van der Waals surface area contributed by atoms with Gasteiger partial charge in [0.15, 0.2) is 0 Å². The number of aromatic nitrogens is 1. The maximum Gasteiger partial charge on any atom is 0.142 e. The minimum Gasteiger partial charge on any atom is -0.240 e. The lowest BCUT2D eigenvalue weighted by Crippen LogP contribution is -1.86. The zero-order valence-electron chi connectivity index (χ0n) is 5.85. The van der Waals surface area contributed by atoms with Crippen LogP contribution in [0.4, 0.5) is 0 Å². The summed E-state index contributed by atoms with van der Waals surface area (Å²) in [5.74, 6) is 0. The number of pyridine rings is 1. The number of hydrogen-bond acceptors (Lipinski definition) is 2. The van der Waals surface area contributed by atoms with Crippen LogP contribution in [-0.2, 0) is 0 Å². The molecule has 1 aromatic rings. The van der Waals surface area contributed by atoms with E-state index in [1.165, 1.54) is 0 Å². The van der Waals surface area contributed by atoms with Crippen molar-refractivity contribution in [1.82, 2.24) is 4.98 Å². The van der Waals surface area contributed by atoms with Crippen molar-refractivity contribution in [1.29, 1.82) is 0 Å². The average molecular weight is 174 g/mol. The third kappa shape index (κ3) is 1.44. The monoisotopic (exact) mass is 173 g/mol. The van der Waals surface area contributed by atoms with E-state index in [0.717, 1.165) is 16.2 Å². The van der Waals surface area contributed by atoms with Crippen LogP contribution >= 0.6 is 24.2 Å². The Hall–Kier alpha value is -0.210. The molecule has 0 fully saturated rings. The molecule has 0 atom stereocenters. The van der Waals surface area contributed by atoms with Gasteiger partial charge in [-0.3, -0.25) is 0 Å². The summed E-state index contributed by atoms with van der Waals surface area (Å²) in [5, 5.41) is 0.487. The zero-order valence-corrected chi connectivity index (χ0v) is 7.50. The molecule has 0 amide bonds. The van der Waals surface area contributed by atoms with Crippen LogP contribution in [0, 0.1) is 13.8 Å². The van der Waals surface area contributed by atoms with Crippen LogP contribution in [0.5, 0.6) is 0 Å². The van der Waals surface area contributed by atoms with E-state index in [4.69, 9.17) is 11.6 Å². The lowest BCUT2D eigenvalue weighted by atomic mass is 10.2. The molecule has 0 aromatic carbocycles. The molecule has 0 aliphatic rings. The summed E-state index contributed by atoms with van der Waals surface area (Å²) in [4.78, 5) is 4.79. The van der Waals surface area contributed by atoms with Crippen molar-refractivity contribution in [3.63, 3.8) is 0 Å². The normalized spacial score (nSPS) is 10.0. The predicted molar refractivity (Wildman–Crippen MR) is 46.0 cm³/mol. The molecule has 0 unspecified atom stereocenters. The topological polar surface area (TPSA) is 12.9 Å².